The summed E-state index contributed by atoms with van der Waals surface area (Å²) in [6, 6.07) is 8.61. The zero-order valence-electron chi connectivity index (χ0n) is 12.9. The van der Waals surface area contributed by atoms with E-state index < -0.39 is 0 Å². The van der Waals surface area contributed by atoms with Gasteiger partial charge in [0.15, 0.2) is 0 Å². The fourth-order valence-electron chi connectivity index (χ4n) is 2.68. The number of hydrogen-bond donors (Lipinski definition) is 2. The number of likely N-dealkylation sites (tertiary alicyclic amines) is 1. The Morgan fingerprint density at radius 2 is 2.05 bits per heavy atom. The summed E-state index contributed by atoms with van der Waals surface area (Å²) in [7, 11) is 3.39. The lowest BCUT2D eigenvalue weighted by Gasteiger charge is -2.32. The molecule has 0 spiro atoms. The lowest BCUT2D eigenvalue weighted by molar-refractivity contribution is -0.122. The summed E-state index contributed by atoms with van der Waals surface area (Å²) < 4.78 is 5.37. The molecule has 0 aromatic heterocycles. The third-order valence-electron chi connectivity index (χ3n) is 4.01. The van der Waals surface area contributed by atoms with E-state index in [1.807, 2.05) is 18.2 Å². The first kappa shape index (κ1) is 15.8. The lowest BCUT2D eigenvalue weighted by Crippen LogP contribution is -2.45. The van der Waals surface area contributed by atoms with Gasteiger partial charge >= 0.3 is 0 Å². The second kappa shape index (κ2) is 8.00. The number of nitrogens with one attached hydrogen (secondary N) is 2. The molecule has 1 aromatic carbocycles. The minimum absolute atomic E-state index is 0.0930. The van der Waals surface area contributed by atoms with E-state index in [0.29, 0.717) is 12.6 Å². The SMILES string of the molecule is CNC(=O)CN1CCC(NCc2ccccc2OC)CC1. The Bertz CT molecular complexity index is 457. The Kier molecular flexibility index (Phi) is 6.02. The standard InChI is InChI=1S/C16H25N3O2/c1-17-16(20)12-19-9-7-14(8-10-19)18-11-13-5-3-4-6-15(13)21-2/h3-6,14,18H,7-12H2,1-2H3,(H,17,20). The number of hydrogen-bond acceptors (Lipinski definition) is 4. The fourth-order valence-corrected chi connectivity index (χ4v) is 2.68. The second-order valence-corrected chi connectivity index (χ2v) is 5.42. The van der Waals surface area contributed by atoms with Crippen LogP contribution < -0.4 is 15.4 Å². The summed E-state index contributed by atoms with van der Waals surface area (Å²) in [4.78, 5) is 13.6. The van der Waals surface area contributed by atoms with Crippen molar-refractivity contribution in [2.45, 2.75) is 25.4 Å². The summed E-state index contributed by atoms with van der Waals surface area (Å²) in [5.41, 5.74) is 1.19. The van der Waals surface area contributed by atoms with Crippen molar-refractivity contribution >= 4 is 5.91 Å². The van der Waals surface area contributed by atoms with Crippen molar-refractivity contribution in [3.05, 3.63) is 29.8 Å². The first-order chi connectivity index (χ1) is 10.2. The van der Waals surface area contributed by atoms with E-state index in [2.05, 4.69) is 21.6 Å². The highest BCUT2D eigenvalue weighted by molar-refractivity contribution is 5.77. The van der Waals surface area contributed by atoms with Gasteiger partial charge in [-0.25, -0.2) is 0 Å². The van der Waals surface area contributed by atoms with Crippen LogP contribution in [0.4, 0.5) is 0 Å². The van der Waals surface area contributed by atoms with Gasteiger partial charge < -0.3 is 15.4 Å². The number of carbonyl (C=O) groups is 1. The molecule has 21 heavy (non-hydrogen) atoms. The highest BCUT2D eigenvalue weighted by Gasteiger charge is 2.20. The summed E-state index contributed by atoms with van der Waals surface area (Å²) in [5.74, 6) is 1.03. The van der Waals surface area contributed by atoms with Crippen LogP contribution in [0.3, 0.4) is 0 Å². The molecule has 0 aliphatic carbocycles. The van der Waals surface area contributed by atoms with Crippen LogP contribution in [-0.4, -0.2) is 50.6 Å². The number of methoxy groups -OCH3 is 1. The van der Waals surface area contributed by atoms with Gasteiger partial charge in [0.25, 0.3) is 0 Å². The Balaban J connectivity index is 1.75. The molecule has 1 heterocycles. The van der Waals surface area contributed by atoms with Gasteiger partial charge in [0.2, 0.25) is 5.91 Å². The van der Waals surface area contributed by atoms with Crippen molar-refractivity contribution in [3.8, 4) is 5.75 Å². The quantitative estimate of drug-likeness (QED) is 0.821. The molecule has 0 saturated carbocycles. The molecular weight excluding hydrogens is 266 g/mol. The predicted octanol–water partition coefficient (Wildman–Crippen LogP) is 0.995. The number of ether oxygens (including phenoxy) is 1. The summed E-state index contributed by atoms with van der Waals surface area (Å²) >= 11 is 0. The zero-order chi connectivity index (χ0) is 15.1. The summed E-state index contributed by atoms with van der Waals surface area (Å²) in [6.07, 6.45) is 2.15. The molecule has 1 aliphatic heterocycles. The first-order valence-corrected chi connectivity index (χ1v) is 7.51. The molecule has 116 valence electrons. The second-order valence-electron chi connectivity index (χ2n) is 5.42. The van der Waals surface area contributed by atoms with Crippen molar-refractivity contribution in [1.82, 2.24) is 15.5 Å². The average molecular weight is 291 g/mol. The van der Waals surface area contributed by atoms with E-state index in [9.17, 15) is 4.79 Å². The molecule has 1 aromatic rings. The van der Waals surface area contributed by atoms with Crippen molar-refractivity contribution in [2.75, 3.05) is 33.8 Å². The van der Waals surface area contributed by atoms with Crippen LogP contribution in [0.2, 0.25) is 0 Å². The number of carbonyl (C=O) groups excluding carboxylic acids is 1. The van der Waals surface area contributed by atoms with Gasteiger partial charge in [0.1, 0.15) is 5.75 Å². The highest BCUT2D eigenvalue weighted by atomic mass is 16.5. The Hall–Kier alpha value is -1.59. The Morgan fingerprint density at radius 1 is 1.33 bits per heavy atom. The number of para-hydroxylation sites is 1. The van der Waals surface area contributed by atoms with E-state index in [4.69, 9.17) is 4.74 Å². The molecule has 5 nitrogen and oxygen atoms in total. The van der Waals surface area contributed by atoms with Crippen LogP contribution >= 0.6 is 0 Å². The molecular formula is C16H25N3O2. The highest BCUT2D eigenvalue weighted by Crippen LogP contribution is 2.18. The maximum Gasteiger partial charge on any atom is 0.233 e. The van der Waals surface area contributed by atoms with Crippen molar-refractivity contribution in [3.63, 3.8) is 0 Å². The smallest absolute Gasteiger partial charge is 0.233 e. The Labute approximate surface area is 126 Å². The molecule has 0 unspecified atom stereocenters. The zero-order valence-corrected chi connectivity index (χ0v) is 12.9. The first-order valence-electron chi connectivity index (χ1n) is 7.51. The molecule has 1 amide bonds. The largest absolute Gasteiger partial charge is 0.496 e. The van der Waals surface area contributed by atoms with Crippen LogP contribution in [0.25, 0.3) is 0 Å². The molecule has 1 aliphatic rings. The molecule has 1 fully saturated rings. The van der Waals surface area contributed by atoms with E-state index in [1.54, 1.807) is 14.2 Å². The van der Waals surface area contributed by atoms with Crippen LogP contribution in [0.5, 0.6) is 5.75 Å². The fraction of sp³-hybridized carbons (Fsp3) is 0.562. The predicted molar refractivity (Wildman–Crippen MR) is 83.4 cm³/mol. The molecule has 0 atom stereocenters. The topological polar surface area (TPSA) is 53.6 Å². The molecule has 2 N–H and O–H groups in total. The number of benzene rings is 1. The normalized spacial score (nSPS) is 16.7. The molecule has 5 heteroatoms. The van der Waals surface area contributed by atoms with E-state index >= 15 is 0 Å². The van der Waals surface area contributed by atoms with E-state index in [1.165, 1.54) is 5.56 Å². The third kappa shape index (κ3) is 4.72. The maximum atomic E-state index is 11.4. The number of nitrogens with zero attached hydrogens (tertiary/aromatic N) is 1. The van der Waals surface area contributed by atoms with Gasteiger partial charge in [-0.1, -0.05) is 18.2 Å². The van der Waals surface area contributed by atoms with Gasteiger partial charge in [-0.3, -0.25) is 9.69 Å². The van der Waals surface area contributed by atoms with Gasteiger partial charge in [-0.2, -0.15) is 0 Å². The van der Waals surface area contributed by atoms with Gasteiger partial charge in [0.05, 0.1) is 13.7 Å². The van der Waals surface area contributed by atoms with Gasteiger partial charge in [0, 0.05) is 38.3 Å². The minimum atomic E-state index is 0.0930. The van der Waals surface area contributed by atoms with Gasteiger partial charge in [-0.05, 0) is 18.9 Å². The average Bonchev–Trinajstić information content (AvgIpc) is 2.54. The molecule has 0 radical (unpaired) electrons. The van der Waals surface area contributed by atoms with Crippen molar-refractivity contribution in [2.24, 2.45) is 0 Å². The van der Waals surface area contributed by atoms with Crippen molar-refractivity contribution < 1.29 is 9.53 Å². The number of piperidine rings is 1. The number of rotatable bonds is 6. The van der Waals surface area contributed by atoms with Crippen LogP contribution in [0, 0.1) is 0 Å². The Morgan fingerprint density at radius 3 is 2.71 bits per heavy atom. The molecule has 2 rings (SSSR count). The summed E-state index contributed by atoms with van der Waals surface area (Å²) in [5, 5.41) is 6.27. The van der Waals surface area contributed by atoms with E-state index in [0.717, 1.165) is 38.2 Å². The van der Waals surface area contributed by atoms with Crippen LogP contribution in [0.1, 0.15) is 18.4 Å². The third-order valence-corrected chi connectivity index (χ3v) is 4.01. The minimum Gasteiger partial charge on any atom is -0.496 e. The van der Waals surface area contributed by atoms with E-state index in [-0.39, 0.29) is 5.91 Å². The lowest BCUT2D eigenvalue weighted by atomic mass is 10.0. The summed E-state index contributed by atoms with van der Waals surface area (Å²) in [6.45, 7) is 3.27. The maximum absolute atomic E-state index is 11.4. The van der Waals surface area contributed by atoms with Crippen LogP contribution in [-0.2, 0) is 11.3 Å². The van der Waals surface area contributed by atoms with Gasteiger partial charge in [-0.15, -0.1) is 0 Å². The molecule has 0 bridgehead atoms. The van der Waals surface area contributed by atoms with Crippen molar-refractivity contribution in [1.29, 1.82) is 0 Å². The monoisotopic (exact) mass is 291 g/mol. The number of amides is 1. The molecule has 1 saturated heterocycles. The van der Waals surface area contributed by atoms with Crippen LogP contribution in [0.15, 0.2) is 24.3 Å². The number of likely N-dealkylation sites (N-methyl/N-ethyl adjacent to an activating group) is 1.